The molecule has 1 aromatic heterocycles. The van der Waals surface area contributed by atoms with E-state index in [2.05, 4.69) is 50.6 Å². The predicted molar refractivity (Wildman–Crippen MR) is 109 cm³/mol. The summed E-state index contributed by atoms with van der Waals surface area (Å²) >= 11 is 0. The van der Waals surface area contributed by atoms with Crippen molar-refractivity contribution in [3.63, 3.8) is 0 Å². The molecule has 2 aromatic rings. The van der Waals surface area contributed by atoms with Gasteiger partial charge in [-0.1, -0.05) is 23.8 Å². The molecule has 0 bridgehead atoms. The Morgan fingerprint density at radius 2 is 2.17 bits per heavy atom. The van der Waals surface area contributed by atoms with Crippen molar-refractivity contribution in [3.8, 4) is 0 Å². The molecule has 2 aliphatic heterocycles. The van der Waals surface area contributed by atoms with Gasteiger partial charge in [0.05, 0.1) is 25.4 Å². The van der Waals surface area contributed by atoms with Crippen LogP contribution < -0.4 is 10.6 Å². The number of ether oxygens (including phenoxy) is 1. The van der Waals surface area contributed by atoms with Gasteiger partial charge in [-0.15, -0.1) is 0 Å². The van der Waals surface area contributed by atoms with Crippen molar-refractivity contribution in [1.82, 2.24) is 20.2 Å². The topological polar surface area (TPSA) is 99.6 Å². The van der Waals surface area contributed by atoms with E-state index in [0.29, 0.717) is 25.6 Å². The Kier molecular flexibility index (Phi) is 6.03. The first-order chi connectivity index (χ1) is 14.1. The van der Waals surface area contributed by atoms with Crippen LogP contribution in [0.25, 0.3) is 0 Å². The van der Waals surface area contributed by atoms with E-state index in [-0.39, 0.29) is 24.2 Å². The molecular formula is C21H27N5O3. The number of benzene rings is 1. The standard InChI is InChI=1S/C21H27N5O3/c1-14-2-3-15-4-5-26(9-16(15)6-14)10-18(27)8-22-21(28)19-7-20(24-13-23-19)25-17-11-29-12-17/h2-3,6-7,13,17-18,27H,4-5,8-12H2,1H3,(H,22,28)(H,23,24,25)/t18-/m0/s1. The van der Waals surface area contributed by atoms with Gasteiger partial charge in [-0.25, -0.2) is 9.97 Å². The smallest absolute Gasteiger partial charge is 0.270 e. The molecule has 2 aliphatic rings. The number of aliphatic hydroxyl groups is 1. The number of nitrogens with zero attached hydrogens (tertiary/aromatic N) is 3. The van der Waals surface area contributed by atoms with Crippen LogP contribution in [0.3, 0.4) is 0 Å². The third kappa shape index (κ3) is 5.09. The minimum absolute atomic E-state index is 0.180. The molecule has 0 spiro atoms. The SMILES string of the molecule is Cc1ccc2c(c1)CN(C[C@@H](O)CNC(=O)c1cc(NC3COC3)ncn1)CC2. The van der Waals surface area contributed by atoms with E-state index in [1.54, 1.807) is 6.07 Å². The number of nitrogens with one attached hydrogen (secondary N) is 2. The molecule has 0 radical (unpaired) electrons. The van der Waals surface area contributed by atoms with Crippen molar-refractivity contribution in [2.75, 3.05) is 38.2 Å². The number of amides is 1. The van der Waals surface area contributed by atoms with Gasteiger partial charge in [0, 0.05) is 32.2 Å². The lowest BCUT2D eigenvalue weighted by molar-refractivity contribution is 0.0209. The Morgan fingerprint density at radius 3 is 2.97 bits per heavy atom. The van der Waals surface area contributed by atoms with Crippen LogP contribution in [0.4, 0.5) is 5.82 Å². The second-order valence-electron chi connectivity index (χ2n) is 7.79. The van der Waals surface area contributed by atoms with Crippen molar-refractivity contribution in [1.29, 1.82) is 0 Å². The number of fused-ring (bicyclic) bond motifs is 1. The van der Waals surface area contributed by atoms with E-state index in [4.69, 9.17) is 4.74 Å². The van der Waals surface area contributed by atoms with Crippen LogP contribution in [0.1, 0.15) is 27.2 Å². The molecule has 1 amide bonds. The van der Waals surface area contributed by atoms with Crippen LogP contribution in [0.15, 0.2) is 30.6 Å². The van der Waals surface area contributed by atoms with Gasteiger partial charge in [0.1, 0.15) is 17.8 Å². The lowest BCUT2D eigenvalue weighted by atomic mass is 9.97. The zero-order chi connectivity index (χ0) is 20.2. The minimum atomic E-state index is -0.642. The number of anilines is 1. The highest BCUT2D eigenvalue weighted by Crippen LogP contribution is 2.20. The summed E-state index contributed by atoms with van der Waals surface area (Å²) in [5.74, 6) is 0.278. The number of hydrogen-bond donors (Lipinski definition) is 3. The number of carbonyl (C=O) groups is 1. The monoisotopic (exact) mass is 397 g/mol. The maximum Gasteiger partial charge on any atom is 0.270 e. The fraction of sp³-hybridized carbons (Fsp3) is 0.476. The summed E-state index contributed by atoms with van der Waals surface area (Å²) in [5, 5.41) is 16.4. The van der Waals surface area contributed by atoms with E-state index < -0.39 is 6.10 Å². The summed E-state index contributed by atoms with van der Waals surface area (Å²) in [6, 6.07) is 8.39. The summed E-state index contributed by atoms with van der Waals surface area (Å²) in [4.78, 5) is 22.8. The van der Waals surface area contributed by atoms with Crippen molar-refractivity contribution < 1.29 is 14.6 Å². The second-order valence-corrected chi connectivity index (χ2v) is 7.79. The first-order valence-electron chi connectivity index (χ1n) is 10.00. The molecule has 1 atom stereocenters. The minimum Gasteiger partial charge on any atom is -0.390 e. The molecule has 0 saturated carbocycles. The lowest BCUT2D eigenvalue weighted by Crippen LogP contribution is -2.42. The van der Waals surface area contributed by atoms with Crippen LogP contribution in [-0.2, 0) is 17.7 Å². The van der Waals surface area contributed by atoms with Gasteiger partial charge in [-0.2, -0.15) is 0 Å². The summed E-state index contributed by atoms with van der Waals surface area (Å²) in [6.07, 6.45) is 1.70. The largest absolute Gasteiger partial charge is 0.390 e. The number of aliphatic hydroxyl groups excluding tert-OH is 1. The Balaban J connectivity index is 1.25. The van der Waals surface area contributed by atoms with Gasteiger partial charge in [0.25, 0.3) is 5.91 Å². The number of carbonyl (C=O) groups excluding carboxylic acids is 1. The first-order valence-corrected chi connectivity index (χ1v) is 10.00. The van der Waals surface area contributed by atoms with Crippen molar-refractivity contribution in [3.05, 3.63) is 53.0 Å². The molecule has 0 unspecified atom stereocenters. The molecule has 154 valence electrons. The number of rotatable bonds is 7. The highest BCUT2D eigenvalue weighted by molar-refractivity contribution is 5.92. The van der Waals surface area contributed by atoms with Gasteiger partial charge >= 0.3 is 0 Å². The summed E-state index contributed by atoms with van der Waals surface area (Å²) in [7, 11) is 0. The third-order valence-corrected chi connectivity index (χ3v) is 5.31. The van der Waals surface area contributed by atoms with Gasteiger partial charge in [-0.05, 0) is 24.5 Å². The number of aromatic nitrogens is 2. The zero-order valence-electron chi connectivity index (χ0n) is 16.6. The molecule has 1 fully saturated rings. The second kappa shape index (κ2) is 8.86. The van der Waals surface area contributed by atoms with E-state index in [0.717, 1.165) is 19.5 Å². The molecular weight excluding hydrogens is 370 g/mol. The molecule has 3 N–H and O–H groups in total. The Morgan fingerprint density at radius 1 is 1.31 bits per heavy atom. The molecule has 8 heteroatoms. The van der Waals surface area contributed by atoms with E-state index in [9.17, 15) is 9.90 Å². The maximum atomic E-state index is 12.4. The molecule has 3 heterocycles. The summed E-state index contributed by atoms with van der Waals surface area (Å²) in [5.41, 5.74) is 4.24. The zero-order valence-corrected chi connectivity index (χ0v) is 16.6. The predicted octanol–water partition coefficient (Wildman–Crippen LogP) is 0.745. The first kappa shape index (κ1) is 19.8. The maximum absolute atomic E-state index is 12.4. The molecule has 29 heavy (non-hydrogen) atoms. The van der Waals surface area contributed by atoms with Gasteiger partial charge in [-0.3, -0.25) is 9.69 Å². The van der Waals surface area contributed by atoms with Crippen molar-refractivity contribution in [2.24, 2.45) is 0 Å². The quantitative estimate of drug-likeness (QED) is 0.634. The third-order valence-electron chi connectivity index (χ3n) is 5.31. The number of aryl methyl sites for hydroxylation is 1. The number of β-amino-alcohol motifs (C(OH)–C–C–N with tert-alkyl or cyclic N) is 1. The molecule has 1 saturated heterocycles. The average molecular weight is 397 g/mol. The molecule has 4 rings (SSSR count). The van der Waals surface area contributed by atoms with Crippen LogP contribution in [0.5, 0.6) is 0 Å². The van der Waals surface area contributed by atoms with E-state index in [1.807, 2.05) is 0 Å². The van der Waals surface area contributed by atoms with Crippen LogP contribution >= 0.6 is 0 Å². The highest BCUT2D eigenvalue weighted by atomic mass is 16.5. The fourth-order valence-electron chi connectivity index (χ4n) is 3.65. The van der Waals surface area contributed by atoms with Crippen LogP contribution in [0.2, 0.25) is 0 Å². The van der Waals surface area contributed by atoms with E-state index >= 15 is 0 Å². The molecule has 1 aromatic carbocycles. The van der Waals surface area contributed by atoms with Gasteiger partial charge in [0.15, 0.2) is 0 Å². The summed E-state index contributed by atoms with van der Waals surface area (Å²) in [6.45, 7) is 5.81. The highest BCUT2D eigenvalue weighted by Gasteiger charge is 2.21. The number of hydrogen-bond acceptors (Lipinski definition) is 7. The van der Waals surface area contributed by atoms with Gasteiger partial charge in [0.2, 0.25) is 0 Å². The van der Waals surface area contributed by atoms with Crippen molar-refractivity contribution >= 4 is 11.7 Å². The Labute approximate surface area is 170 Å². The Hall–Kier alpha value is -2.55. The lowest BCUT2D eigenvalue weighted by Gasteiger charge is -2.30. The van der Waals surface area contributed by atoms with Crippen LogP contribution in [0, 0.1) is 6.92 Å². The van der Waals surface area contributed by atoms with E-state index in [1.165, 1.54) is 23.0 Å². The molecule has 8 nitrogen and oxygen atoms in total. The van der Waals surface area contributed by atoms with Crippen LogP contribution in [-0.4, -0.2) is 70.9 Å². The molecule has 0 aliphatic carbocycles. The summed E-state index contributed by atoms with van der Waals surface area (Å²) < 4.78 is 5.12. The van der Waals surface area contributed by atoms with Crippen molar-refractivity contribution in [2.45, 2.75) is 32.0 Å². The normalized spacial score (nSPS) is 17.9. The Bertz CT molecular complexity index is 871. The average Bonchev–Trinajstić information content (AvgIpc) is 2.69. The fourth-order valence-corrected chi connectivity index (χ4v) is 3.65. The van der Waals surface area contributed by atoms with Gasteiger partial charge < -0.3 is 20.5 Å².